The normalized spacial score (nSPS) is 13.8. The molecule has 1 aliphatic rings. The summed E-state index contributed by atoms with van der Waals surface area (Å²) in [7, 11) is 0. The Bertz CT molecular complexity index is 799. The average molecular weight is 284 g/mol. The lowest BCUT2D eigenvalue weighted by molar-refractivity contribution is 0.489. The SMILES string of the molecule is Nc1ccc2nc(Sc3ncnc4c3CCC4)oc2c1. The van der Waals surface area contributed by atoms with E-state index in [0.29, 0.717) is 16.5 Å². The van der Waals surface area contributed by atoms with E-state index in [2.05, 4.69) is 15.0 Å². The van der Waals surface area contributed by atoms with Gasteiger partial charge in [-0.3, -0.25) is 0 Å². The number of hydrogen-bond acceptors (Lipinski definition) is 6. The van der Waals surface area contributed by atoms with Crippen LogP contribution in [-0.4, -0.2) is 15.0 Å². The van der Waals surface area contributed by atoms with Crippen LogP contribution in [0.5, 0.6) is 0 Å². The largest absolute Gasteiger partial charge is 0.431 e. The van der Waals surface area contributed by atoms with Gasteiger partial charge < -0.3 is 10.2 Å². The maximum absolute atomic E-state index is 5.74. The Labute approximate surface area is 119 Å². The van der Waals surface area contributed by atoms with Crippen molar-refractivity contribution in [1.82, 2.24) is 15.0 Å². The van der Waals surface area contributed by atoms with E-state index in [4.69, 9.17) is 10.2 Å². The van der Waals surface area contributed by atoms with Gasteiger partial charge in [0, 0.05) is 23.0 Å². The monoisotopic (exact) mass is 284 g/mol. The lowest BCUT2D eigenvalue weighted by Crippen LogP contribution is -1.93. The van der Waals surface area contributed by atoms with E-state index >= 15 is 0 Å². The third kappa shape index (κ3) is 1.92. The van der Waals surface area contributed by atoms with Crippen LogP contribution in [0.4, 0.5) is 5.69 Å². The molecule has 0 bridgehead atoms. The number of fused-ring (bicyclic) bond motifs is 2. The molecule has 0 aliphatic heterocycles. The van der Waals surface area contributed by atoms with Gasteiger partial charge in [0.25, 0.3) is 5.22 Å². The molecule has 2 heterocycles. The second-order valence-corrected chi connectivity index (χ2v) is 5.71. The fraction of sp³-hybridized carbons (Fsp3) is 0.214. The lowest BCUT2D eigenvalue weighted by atomic mass is 10.3. The van der Waals surface area contributed by atoms with Gasteiger partial charge in [0.05, 0.1) is 0 Å². The summed E-state index contributed by atoms with van der Waals surface area (Å²) in [6, 6.07) is 5.47. The number of rotatable bonds is 2. The van der Waals surface area contributed by atoms with Crippen LogP contribution in [0.25, 0.3) is 11.1 Å². The first-order valence-corrected chi connectivity index (χ1v) is 7.28. The van der Waals surface area contributed by atoms with Crippen molar-refractivity contribution in [2.75, 3.05) is 5.73 Å². The van der Waals surface area contributed by atoms with Crippen molar-refractivity contribution in [3.8, 4) is 0 Å². The molecule has 1 aromatic carbocycles. The predicted molar refractivity (Wildman–Crippen MR) is 76.6 cm³/mol. The Balaban J connectivity index is 1.72. The molecule has 0 atom stereocenters. The van der Waals surface area contributed by atoms with Crippen molar-refractivity contribution in [2.24, 2.45) is 0 Å². The van der Waals surface area contributed by atoms with Crippen molar-refractivity contribution in [1.29, 1.82) is 0 Å². The van der Waals surface area contributed by atoms with Crippen LogP contribution >= 0.6 is 11.8 Å². The molecule has 3 aromatic rings. The number of benzene rings is 1. The minimum absolute atomic E-state index is 0.596. The smallest absolute Gasteiger partial charge is 0.263 e. The number of anilines is 1. The van der Waals surface area contributed by atoms with Crippen molar-refractivity contribution in [3.05, 3.63) is 35.8 Å². The summed E-state index contributed by atoms with van der Waals surface area (Å²) in [5, 5.41) is 1.55. The summed E-state index contributed by atoms with van der Waals surface area (Å²) in [4.78, 5) is 13.1. The number of oxazole rings is 1. The summed E-state index contributed by atoms with van der Waals surface area (Å²) in [6.45, 7) is 0. The second kappa shape index (κ2) is 4.49. The zero-order valence-corrected chi connectivity index (χ0v) is 11.5. The molecule has 0 amide bonds. The molecular weight excluding hydrogens is 272 g/mol. The standard InChI is InChI=1S/C14H12N4OS/c15-8-4-5-11-12(6-8)19-14(18-11)20-13-9-2-1-3-10(9)16-7-17-13/h4-7H,1-3,15H2. The molecule has 0 spiro atoms. The molecular formula is C14H12N4OS. The molecule has 0 unspecified atom stereocenters. The van der Waals surface area contributed by atoms with Crippen LogP contribution in [-0.2, 0) is 12.8 Å². The minimum Gasteiger partial charge on any atom is -0.431 e. The number of nitrogens with two attached hydrogens (primary N) is 1. The molecule has 5 nitrogen and oxygen atoms in total. The van der Waals surface area contributed by atoms with Crippen LogP contribution in [0.15, 0.2) is 39.2 Å². The Kier molecular flexibility index (Phi) is 2.63. The third-order valence-electron chi connectivity index (χ3n) is 3.41. The van der Waals surface area contributed by atoms with Gasteiger partial charge in [-0.1, -0.05) is 0 Å². The van der Waals surface area contributed by atoms with E-state index in [1.54, 1.807) is 12.4 Å². The highest BCUT2D eigenvalue weighted by Crippen LogP contribution is 2.34. The molecule has 20 heavy (non-hydrogen) atoms. The molecule has 0 fully saturated rings. The molecule has 2 aromatic heterocycles. The lowest BCUT2D eigenvalue weighted by Gasteiger charge is -2.02. The fourth-order valence-corrected chi connectivity index (χ4v) is 3.35. The molecule has 4 rings (SSSR count). The Hall–Kier alpha value is -2.08. The van der Waals surface area contributed by atoms with Crippen molar-refractivity contribution >= 4 is 28.5 Å². The number of hydrogen-bond donors (Lipinski definition) is 1. The highest BCUT2D eigenvalue weighted by Gasteiger charge is 2.19. The van der Waals surface area contributed by atoms with Gasteiger partial charge >= 0.3 is 0 Å². The van der Waals surface area contributed by atoms with Crippen LogP contribution < -0.4 is 5.73 Å². The molecule has 1 aliphatic carbocycles. The molecule has 6 heteroatoms. The Morgan fingerprint density at radius 3 is 3.10 bits per heavy atom. The van der Waals surface area contributed by atoms with E-state index in [1.807, 2.05) is 12.1 Å². The Morgan fingerprint density at radius 2 is 2.15 bits per heavy atom. The maximum atomic E-state index is 5.74. The number of aromatic nitrogens is 3. The average Bonchev–Trinajstić information content (AvgIpc) is 3.04. The second-order valence-electron chi connectivity index (χ2n) is 4.77. The summed E-state index contributed by atoms with van der Waals surface area (Å²) in [5.74, 6) is 0. The van der Waals surface area contributed by atoms with Gasteiger partial charge in [-0.05, 0) is 43.2 Å². The Morgan fingerprint density at radius 1 is 1.20 bits per heavy atom. The van der Waals surface area contributed by atoms with Crippen molar-refractivity contribution in [2.45, 2.75) is 29.5 Å². The first kappa shape index (κ1) is 11.7. The van der Waals surface area contributed by atoms with E-state index in [9.17, 15) is 0 Å². The van der Waals surface area contributed by atoms with Crippen LogP contribution in [0, 0.1) is 0 Å². The summed E-state index contributed by atoms with van der Waals surface area (Å²) in [6.07, 6.45) is 4.83. The predicted octanol–water partition coefficient (Wildman–Crippen LogP) is 2.84. The zero-order valence-electron chi connectivity index (χ0n) is 10.7. The van der Waals surface area contributed by atoms with E-state index in [0.717, 1.165) is 35.5 Å². The minimum atomic E-state index is 0.596. The highest BCUT2D eigenvalue weighted by atomic mass is 32.2. The molecule has 0 saturated carbocycles. The highest BCUT2D eigenvalue weighted by molar-refractivity contribution is 7.99. The van der Waals surface area contributed by atoms with Gasteiger partial charge in [0.1, 0.15) is 16.9 Å². The molecule has 0 radical (unpaired) electrons. The first-order valence-electron chi connectivity index (χ1n) is 6.46. The van der Waals surface area contributed by atoms with Gasteiger partial charge in [0.15, 0.2) is 5.58 Å². The van der Waals surface area contributed by atoms with Crippen LogP contribution in [0.1, 0.15) is 17.7 Å². The number of nitrogens with zero attached hydrogens (tertiary/aromatic N) is 3. The summed E-state index contributed by atoms with van der Waals surface area (Å²) in [5.41, 5.74) is 10.3. The number of nitrogen functional groups attached to an aromatic ring is 1. The fourth-order valence-electron chi connectivity index (χ4n) is 2.46. The van der Waals surface area contributed by atoms with Crippen LogP contribution in [0.2, 0.25) is 0 Å². The van der Waals surface area contributed by atoms with Gasteiger partial charge in [0.2, 0.25) is 0 Å². The van der Waals surface area contributed by atoms with Gasteiger partial charge in [-0.2, -0.15) is 0 Å². The molecule has 0 saturated heterocycles. The van der Waals surface area contributed by atoms with Crippen molar-refractivity contribution < 1.29 is 4.42 Å². The quantitative estimate of drug-likeness (QED) is 0.576. The van der Waals surface area contributed by atoms with E-state index in [1.165, 1.54) is 17.3 Å². The third-order valence-corrected chi connectivity index (χ3v) is 4.31. The van der Waals surface area contributed by atoms with Gasteiger partial charge in [-0.15, -0.1) is 0 Å². The zero-order chi connectivity index (χ0) is 13.5. The van der Waals surface area contributed by atoms with E-state index in [-0.39, 0.29) is 0 Å². The van der Waals surface area contributed by atoms with Crippen LogP contribution in [0.3, 0.4) is 0 Å². The molecule has 2 N–H and O–H groups in total. The molecule has 100 valence electrons. The summed E-state index contributed by atoms with van der Waals surface area (Å²) < 4.78 is 5.72. The summed E-state index contributed by atoms with van der Waals surface area (Å²) >= 11 is 1.45. The topological polar surface area (TPSA) is 77.8 Å². The van der Waals surface area contributed by atoms with Gasteiger partial charge in [-0.25, -0.2) is 15.0 Å². The number of aryl methyl sites for hydroxylation is 1. The maximum Gasteiger partial charge on any atom is 0.263 e. The van der Waals surface area contributed by atoms with E-state index < -0.39 is 0 Å². The van der Waals surface area contributed by atoms with Crippen molar-refractivity contribution in [3.63, 3.8) is 0 Å². The first-order chi connectivity index (χ1) is 9.79.